The average Bonchev–Trinajstić information content (AvgIpc) is 2.96. The highest BCUT2D eigenvalue weighted by molar-refractivity contribution is 6.02. The molecule has 0 radical (unpaired) electrons. The van der Waals surface area contributed by atoms with Crippen LogP contribution in [0.3, 0.4) is 0 Å². The third-order valence-corrected chi connectivity index (χ3v) is 4.40. The minimum Gasteiger partial charge on any atom is -0.484 e. The lowest BCUT2D eigenvalue weighted by Gasteiger charge is -2.17. The Morgan fingerprint density at radius 2 is 2.03 bits per heavy atom. The summed E-state index contributed by atoms with van der Waals surface area (Å²) in [5, 5.41) is 0. The molecule has 1 amide bonds. The van der Waals surface area contributed by atoms with Crippen molar-refractivity contribution in [1.82, 2.24) is 9.88 Å². The van der Waals surface area contributed by atoms with E-state index in [0.29, 0.717) is 16.7 Å². The number of rotatable bonds is 6. The van der Waals surface area contributed by atoms with Crippen molar-refractivity contribution >= 4 is 11.9 Å². The lowest BCUT2D eigenvalue weighted by molar-refractivity contribution is -0.153. The quantitative estimate of drug-likeness (QED) is 0.683. The van der Waals surface area contributed by atoms with E-state index in [-0.39, 0.29) is 37.0 Å². The van der Waals surface area contributed by atoms with Gasteiger partial charge in [0.05, 0.1) is 6.61 Å². The molecule has 0 unspecified atom stereocenters. The van der Waals surface area contributed by atoms with E-state index >= 15 is 0 Å². The van der Waals surface area contributed by atoms with E-state index in [4.69, 9.17) is 9.47 Å². The van der Waals surface area contributed by atoms with Crippen LogP contribution >= 0.6 is 0 Å². The summed E-state index contributed by atoms with van der Waals surface area (Å²) in [6.07, 6.45) is -3.02. The zero-order chi connectivity index (χ0) is 21.2. The number of fused-ring (bicyclic) bond motifs is 1. The van der Waals surface area contributed by atoms with Crippen LogP contribution < -0.4 is 4.74 Å². The van der Waals surface area contributed by atoms with Gasteiger partial charge in [-0.2, -0.15) is 13.2 Å². The van der Waals surface area contributed by atoms with Crippen LogP contribution in [0.5, 0.6) is 5.75 Å². The molecule has 3 rings (SSSR count). The Morgan fingerprint density at radius 3 is 2.69 bits per heavy atom. The Balaban J connectivity index is 1.74. The van der Waals surface area contributed by atoms with E-state index < -0.39 is 18.8 Å². The van der Waals surface area contributed by atoms with Crippen molar-refractivity contribution in [2.45, 2.75) is 33.1 Å². The summed E-state index contributed by atoms with van der Waals surface area (Å²) in [4.78, 5) is 30.4. The molecule has 29 heavy (non-hydrogen) atoms. The van der Waals surface area contributed by atoms with Crippen molar-refractivity contribution in [1.29, 1.82) is 0 Å². The molecule has 0 saturated heterocycles. The van der Waals surface area contributed by atoms with Gasteiger partial charge in [-0.3, -0.25) is 4.79 Å². The van der Waals surface area contributed by atoms with E-state index in [0.717, 1.165) is 5.56 Å². The summed E-state index contributed by atoms with van der Waals surface area (Å²) in [6, 6.07) is 6.29. The zero-order valence-corrected chi connectivity index (χ0v) is 15.9. The van der Waals surface area contributed by atoms with Gasteiger partial charge in [-0.25, -0.2) is 9.78 Å². The molecule has 0 N–H and O–H groups in total. The van der Waals surface area contributed by atoms with Crippen molar-refractivity contribution in [3.05, 3.63) is 58.4 Å². The van der Waals surface area contributed by atoms with Gasteiger partial charge in [-0.15, -0.1) is 0 Å². The number of carbonyl (C=O) groups is 2. The number of carbonyl (C=O) groups excluding carboxylic acids is 2. The predicted molar refractivity (Wildman–Crippen MR) is 96.5 cm³/mol. The van der Waals surface area contributed by atoms with Crippen LogP contribution in [0.1, 0.15) is 44.5 Å². The first-order valence-electron chi connectivity index (χ1n) is 8.93. The summed E-state index contributed by atoms with van der Waals surface area (Å²) in [7, 11) is 0. The number of hydrogen-bond acceptors (Lipinski definition) is 5. The first-order chi connectivity index (χ1) is 13.7. The minimum atomic E-state index is -4.41. The lowest BCUT2D eigenvalue weighted by Crippen LogP contribution is -2.23. The van der Waals surface area contributed by atoms with Gasteiger partial charge < -0.3 is 14.4 Å². The number of halogens is 3. The Kier molecular flexibility index (Phi) is 5.76. The molecule has 0 bridgehead atoms. The van der Waals surface area contributed by atoms with Crippen LogP contribution in [0.4, 0.5) is 13.2 Å². The molecule has 1 aromatic heterocycles. The Hall–Kier alpha value is -3.10. The SMILES string of the molecule is CCOC(=O)c1nccc2c1CN(Cc1ccc(OCC(F)(F)F)c(C)c1)C2=O. The van der Waals surface area contributed by atoms with Gasteiger partial charge in [0.25, 0.3) is 5.91 Å². The molecule has 154 valence electrons. The van der Waals surface area contributed by atoms with Gasteiger partial charge in [-0.1, -0.05) is 12.1 Å². The lowest BCUT2D eigenvalue weighted by atomic mass is 10.1. The summed E-state index contributed by atoms with van der Waals surface area (Å²) >= 11 is 0. The van der Waals surface area contributed by atoms with Crippen LogP contribution in [-0.2, 0) is 17.8 Å². The molecular weight excluding hydrogens is 389 g/mol. The van der Waals surface area contributed by atoms with E-state index in [1.54, 1.807) is 36.9 Å². The molecule has 0 saturated carbocycles. The summed E-state index contributed by atoms with van der Waals surface area (Å²) in [6.45, 7) is 2.58. The topological polar surface area (TPSA) is 68.7 Å². The van der Waals surface area contributed by atoms with Crippen LogP contribution in [-0.4, -0.2) is 41.2 Å². The molecule has 1 aliphatic heterocycles. The molecule has 0 fully saturated rings. The minimum absolute atomic E-state index is 0.118. The maximum atomic E-state index is 12.7. The molecular formula is C20H19F3N2O4. The van der Waals surface area contributed by atoms with Gasteiger partial charge in [0.1, 0.15) is 5.75 Å². The van der Waals surface area contributed by atoms with E-state index in [9.17, 15) is 22.8 Å². The Labute approximate surface area is 165 Å². The first kappa shape index (κ1) is 20.6. The number of ether oxygens (including phenoxy) is 2. The third kappa shape index (κ3) is 4.67. The summed E-state index contributed by atoms with van der Waals surface area (Å²) < 4.78 is 46.8. The zero-order valence-electron chi connectivity index (χ0n) is 15.9. The number of nitrogens with zero attached hydrogens (tertiary/aromatic N) is 2. The summed E-state index contributed by atoms with van der Waals surface area (Å²) in [5.41, 5.74) is 2.29. The van der Waals surface area contributed by atoms with Crippen LogP contribution in [0.15, 0.2) is 30.5 Å². The monoisotopic (exact) mass is 408 g/mol. The number of pyridine rings is 1. The van der Waals surface area contributed by atoms with Gasteiger partial charge in [0, 0.05) is 30.4 Å². The molecule has 1 aliphatic rings. The highest BCUT2D eigenvalue weighted by atomic mass is 19.4. The second-order valence-electron chi connectivity index (χ2n) is 6.57. The van der Waals surface area contributed by atoms with Crippen molar-refractivity contribution < 1.29 is 32.2 Å². The van der Waals surface area contributed by atoms with E-state index in [1.165, 1.54) is 12.3 Å². The molecule has 6 nitrogen and oxygen atoms in total. The van der Waals surface area contributed by atoms with Crippen molar-refractivity contribution in [2.24, 2.45) is 0 Å². The number of esters is 1. The second kappa shape index (κ2) is 8.10. The van der Waals surface area contributed by atoms with Crippen molar-refractivity contribution in [3.8, 4) is 5.75 Å². The standard InChI is InChI=1S/C20H19F3N2O4/c1-3-28-19(27)17-15-10-25(18(26)14(15)6-7-24-17)9-13-4-5-16(12(2)8-13)29-11-20(21,22)23/h4-8H,3,9-11H2,1-2H3. The fourth-order valence-corrected chi connectivity index (χ4v) is 3.14. The number of aromatic nitrogens is 1. The van der Waals surface area contributed by atoms with Crippen LogP contribution in [0.2, 0.25) is 0 Å². The Morgan fingerprint density at radius 1 is 1.28 bits per heavy atom. The van der Waals surface area contributed by atoms with Crippen molar-refractivity contribution in [2.75, 3.05) is 13.2 Å². The van der Waals surface area contributed by atoms with Crippen LogP contribution in [0.25, 0.3) is 0 Å². The average molecular weight is 408 g/mol. The molecule has 1 aromatic carbocycles. The second-order valence-corrected chi connectivity index (χ2v) is 6.57. The Bertz CT molecular complexity index is 944. The number of alkyl halides is 3. The van der Waals surface area contributed by atoms with Gasteiger partial charge >= 0.3 is 12.1 Å². The molecule has 9 heteroatoms. The van der Waals surface area contributed by atoms with Gasteiger partial charge in [0.15, 0.2) is 12.3 Å². The maximum Gasteiger partial charge on any atom is 0.422 e. The van der Waals surface area contributed by atoms with Gasteiger partial charge in [0.2, 0.25) is 0 Å². The smallest absolute Gasteiger partial charge is 0.422 e. The number of hydrogen-bond donors (Lipinski definition) is 0. The molecule has 2 heterocycles. The number of aryl methyl sites for hydroxylation is 1. The van der Waals surface area contributed by atoms with Gasteiger partial charge in [-0.05, 0) is 37.1 Å². The van der Waals surface area contributed by atoms with Crippen molar-refractivity contribution in [3.63, 3.8) is 0 Å². The molecule has 0 aliphatic carbocycles. The largest absolute Gasteiger partial charge is 0.484 e. The van der Waals surface area contributed by atoms with Crippen LogP contribution in [0, 0.1) is 6.92 Å². The number of benzene rings is 1. The summed E-state index contributed by atoms with van der Waals surface area (Å²) in [5.74, 6) is -0.695. The fourth-order valence-electron chi connectivity index (χ4n) is 3.14. The normalized spacial score (nSPS) is 13.4. The molecule has 0 spiro atoms. The molecule has 0 atom stereocenters. The highest BCUT2D eigenvalue weighted by Gasteiger charge is 2.32. The highest BCUT2D eigenvalue weighted by Crippen LogP contribution is 2.28. The number of amides is 1. The third-order valence-electron chi connectivity index (χ3n) is 4.40. The fraction of sp³-hybridized carbons (Fsp3) is 0.350. The molecule has 2 aromatic rings. The first-order valence-corrected chi connectivity index (χ1v) is 8.93. The maximum absolute atomic E-state index is 12.7. The predicted octanol–water partition coefficient (Wildman–Crippen LogP) is 3.66. The van der Waals surface area contributed by atoms with E-state index in [2.05, 4.69) is 4.98 Å². The van der Waals surface area contributed by atoms with E-state index in [1.807, 2.05) is 0 Å².